The molecule has 0 saturated carbocycles. The van der Waals surface area contributed by atoms with Crippen LogP contribution in [0.2, 0.25) is 0 Å². The van der Waals surface area contributed by atoms with Gasteiger partial charge in [0.15, 0.2) is 0 Å². The molecule has 0 aliphatic carbocycles. The Hall–Kier alpha value is -2.18. The number of likely N-dealkylation sites (tertiary alicyclic amines) is 1. The van der Waals surface area contributed by atoms with Crippen LogP contribution < -0.4 is 0 Å². The minimum absolute atomic E-state index is 0.0581. The molecular formula is C20H24N2O4. The normalized spacial score (nSPS) is 22.0. The highest BCUT2D eigenvalue weighted by atomic mass is 16.5. The van der Waals surface area contributed by atoms with E-state index in [1.54, 1.807) is 18.5 Å². The molecule has 2 aromatic heterocycles. The number of carbonyl (C=O) groups is 1. The number of nitrogens with zero attached hydrogens (tertiary/aromatic N) is 2. The Morgan fingerprint density at radius 3 is 2.92 bits per heavy atom. The molecule has 2 aromatic rings. The molecular weight excluding hydrogens is 332 g/mol. The molecule has 1 spiro atoms. The number of aromatic nitrogens is 1. The molecule has 2 aliphatic rings. The van der Waals surface area contributed by atoms with E-state index in [1.165, 1.54) is 6.26 Å². The molecule has 0 radical (unpaired) electrons. The van der Waals surface area contributed by atoms with Crippen LogP contribution in [0.3, 0.4) is 0 Å². The summed E-state index contributed by atoms with van der Waals surface area (Å²) in [7, 11) is 0. The van der Waals surface area contributed by atoms with E-state index in [-0.39, 0.29) is 17.4 Å². The van der Waals surface area contributed by atoms with E-state index in [0.29, 0.717) is 18.8 Å². The standard InChI is InChI=1S/C20H24N2O4/c23-19(16-4-10-24-12-16)22-8-5-20(6-9-22)11-18(26-15-20)14-25-13-17-3-1-2-7-21-17/h1-4,7,10,12,18H,5-6,8-9,11,13-15H2/t18-/m0/s1. The van der Waals surface area contributed by atoms with Crippen molar-refractivity contribution in [1.82, 2.24) is 9.88 Å². The maximum Gasteiger partial charge on any atom is 0.257 e. The van der Waals surface area contributed by atoms with Crippen LogP contribution in [0.1, 0.15) is 35.3 Å². The van der Waals surface area contributed by atoms with Crippen LogP contribution in [0.15, 0.2) is 47.4 Å². The predicted molar refractivity (Wildman–Crippen MR) is 94.5 cm³/mol. The number of pyridine rings is 1. The van der Waals surface area contributed by atoms with Crippen molar-refractivity contribution in [3.05, 3.63) is 54.2 Å². The van der Waals surface area contributed by atoms with Gasteiger partial charge in [0.25, 0.3) is 5.91 Å². The fourth-order valence-corrected chi connectivity index (χ4v) is 3.88. The van der Waals surface area contributed by atoms with E-state index in [0.717, 1.165) is 44.7 Å². The molecule has 26 heavy (non-hydrogen) atoms. The van der Waals surface area contributed by atoms with Gasteiger partial charge < -0.3 is 18.8 Å². The van der Waals surface area contributed by atoms with Crippen LogP contribution >= 0.6 is 0 Å². The number of furan rings is 1. The minimum Gasteiger partial charge on any atom is -0.472 e. The van der Waals surface area contributed by atoms with Crippen molar-refractivity contribution >= 4 is 5.91 Å². The van der Waals surface area contributed by atoms with Gasteiger partial charge in [-0.05, 0) is 42.9 Å². The van der Waals surface area contributed by atoms with Crippen molar-refractivity contribution in [3.8, 4) is 0 Å². The minimum atomic E-state index is 0.0581. The summed E-state index contributed by atoms with van der Waals surface area (Å²) in [4.78, 5) is 18.6. The third kappa shape index (κ3) is 3.81. The number of piperidine rings is 1. The summed E-state index contributed by atoms with van der Waals surface area (Å²) in [5.41, 5.74) is 1.75. The molecule has 6 heteroatoms. The lowest BCUT2D eigenvalue weighted by molar-refractivity contribution is 0.00575. The molecule has 2 aliphatic heterocycles. The lowest BCUT2D eigenvalue weighted by atomic mass is 9.76. The zero-order valence-electron chi connectivity index (χ0n) is 14.8. The summed E-state index contributed by atoms with van der Waals surface area (Å²) in [5, 5.41) is 0. The van der Waals surface area contributed by atoms with Gasteiger partial charge in [-0.25, -0.2) is 0 Å². The van der Waals surface area contributed by atoms with Crippen molar-refractivity contribution in [2.24, 2.45) is 5.41 Å². The van der Waals surface area contributed by atoms with Gasteiger partial charge >= 0.3 is 0 Å². The fraction of sp³-hybridized carbons (Fsp3) is 0.500. The first kappa shape index (κ1) is 17.2. The molecule has 138 valence electrons. The summed E-state index contributed by atoms with van der Waals surface area (Å²) < 4.78 is 16.8. The Labute approximate surface area is 153 Å². The molecule has 0 N–H and O–H groups in total. The summed E-state index contributed by atoms with van der Waals surface area (Å²) in [6.45, 7) is 3.42. The third-order valence-electron chi connectivity index (χ3n) is 5.45. The summed E-state index contributed by atoms with van der Waals surface area (Å²) >= 11 is 0. The van der Waals surface area contributed by atoms with E-state index in [4.69, 9.17) is 13.9 Å². The van der Waals surface area contributed by atoms with Gasteiger partial charge in [0, 0.05) is 19.3 Å². The molecule has 4 heterocycles. The Kier molecular flexibility index (Phi) is 5.04. The van der Waals surface area contributed by atoms with Gasteiger partial charge in [-0.15, -0.1) is 0 Å². The molecule has 1 atom stereocenters. The number of hydrogen-bond donors (Lipinski definition) is 0. The quantitative estimate of drug-likeness (QED) is 0.824. The second kappa shape index (κ2) is 7.60. The number of carbonyl (C=O) groups excluding carboxylic acids is 1. The lowest BCUT2D eigenvalue weighted by Crippen LogP contribution is -2.43. The Morgan fingerprint density at radius 1 is 1.31 bits per heavy atom. The number of ether oxygens (including phenoxy) is 2. The van der Waals surface area contributed by atoms with Crippen molar-refractivity contribution in [2.45, 2.75) is 32.0 Å². The van der Waals surface area contributed by atoms with Crippen molar-refractivity contribution in [2.75, 3.05) is 26.3 Å². The van der Waals surface area contributed by atoms with E-state index >= 15 is 0 Å². The van der Waals surface area contributed by atoms with Crippen LogP contribution in [0.4, 0.5) is 0 Å². The van der Waals surface area contributed by atoms with Crippen LogP contribution in [0, 0.1) is 5.41 Å². The van der Waals surface area contributed by atoms with Crippen LogP contribution in [0.25, 0.3) is 0 Å². The molecule has 6 nitrogen and oxygen atoms in total. The highest BCUT2D eigenvalue weighted by Crippen LogP contribution is 2.42. The second-order valence-corrected chi connectivity index (χ2v) is 7.28. The number of hydrogen-bond acceptors (Lipinski definition) is 5. The van der Waals surface area contributed by atoms with E-state index in [9.17, 15) is 4.79 Å². The van der Waals surface area contributed by atoms with Gasteiger partial charge in [0.2, 0.25) is 0 Å². The summed E-state index contributed by atoms with van der Waals surface area (Å²) in [6, 6.07) is 7.55. The van der Waals surface area contributed by atoms with Crippen LogP contribution in [0.5, 0.6) is 0 Å². The smallest absolute Gasteiger partial charge is 0.257 e. The SMILES string of the molecule is O=C(c1ccoc1)N1CCC2(CC1)CO[C@H](COCc1ccccn1)C2. The average molecular weight is 356 g/mol. The van der Waals surface area contributed by atoms with Crippen molar-refractivity contribution in [3.63, 3.8) is 0 Å². The third-order valence-corrected chi connectivity index (χ3v) is 5.45. The fourth-order valence-electron chi connectivity index (χ4n) is 3.88. The predicted octanol–water partition coefficient (Wildman–Crippen LogP) is 2.90. The summed E-state index contributed by atoms with van der Waals surface area (Å²) in [6.07, 6.45) is 7.93. The molecule has 2 saturated heterocycles. The summed E-state index contributed by atoms with van der Waals surface area (Å²) in [5.74, 6) is 0.0581. The van der Waals surface area contributed by atoms with Crippen molar-refractivity contribution < 1.29 is 18.7 Å². The molecule has 1 amide bonds. The second-order valence-electron chi connectivity index (χ2n) is 7.28. The first-order chi connectivity index (χ1) is 12.7. The van der Waals surface area contributed by atoms with Gasteiger partial charge in [-0.2, -0.15) is 0 Å². The highest BCUT2D eigenvalue weighted by Gasteiger charge is 2.43. The molecule has 0 unspecified atom stereocenters. The van der Waals surface area contributed by atoms with Crippen LogP contribution in [-0.4, -0.2) is 48.2 Å². The lowest BCUT2D eigenvalue weighted by Gasteiger charge is -2.38. The molecule has 0 bridgehead atoms. The first-order valence-corrected chi connectivity index (χ1v) is 9.15. The zero-order chi connectivity index (χ0) is 17.8. The maximum absolute atomic E-state index is 12.4. The topological polar surface area (TPSA) is 64.8 Å². The Balaban J connectivity index is 1.23. The van der Waals surface area contributed by atoms with E-state index in [1.807, 2.05) is 23.1 Å². The first-order valence-electron chi connectivity index (χ1n) is 9.15. The number of rotatable bonds is 5. The number of amides is 1. The monoisotopic (exact) mass is 356 g/mol. The van der Waals surface area contributed by atoms with E-state index in [2.05, 4.69) is 4.98 Å². The van der Waals surface area contributed by atoms with Gasteiger partial charge in [-0.3, -0.25) is 9.78 Å². The highest BCUT2D eigenvalue weighted by molar-refractivity contribution is 5.93. The molecule has 4 rings (SSSR count). The van der Waals surface area contributed by atoms with E-state index < -0.39 is 0 Å². The Morgan fingerprint density at radius 2 is 2.19 bits per heavy atom. The molecule has 0 aromatic carbocycles. The van der Waals surface area contributed by atoms with Crippen molar-refractivity contribution in [1.29, 1.82) is 0 Å². The molecule has 2 fully saturated rings. The largest absolute Gasteiger partial charge is 0.472 e. The van der Waals surface area contributed by atoms with Crippen LogP contribution in [-0.2, 0) is 16.1 Å². The average Bonchev–Trinajstić information content (AvgIpc) is 3.34. The van der Waals surface area contributed by atoms with Gasteiger partial charge in [0.05, 0.1) is 43.4 Å². The van der Waals surface area contributed by atoms with Gasteiger partial charge in [-0.1, -0.05) is 6.07 Å². The van der Waals surface area contributed by atoms with Gasteiger partial charge in [0.1, 0.15) is 6.26 Å². The maximum atomic E-state index is 12.4. The zero-order valence-corrected chi connectivity index (χ0v) is 14.8. The Bertz CT molecular complexity index is 709.